The summed E-state index contributed by atoms with van der Waals surface area (Å²) in [6.45, 7) is 0. The van der Waals surface area contributed by atoms with Crippen LogP contribution in [0.4, 0.5) is 11.4 Å². The molecule has 1 nitrogen and oxygen atoms in total. The third kappa shape index (κ3) is 6.16. The van der Waals surface area contributed by atoms with Crippen molar-refractivity contribution >= 4 is 34.9 Å². The normalized spacial score (nSPS) is 11.8. The lowest BCUT2D eigenvalue weighted by Crippen LogP contribution is -1.97. The van der Waals surface area contributed by atoms with Crippen LogP contribution in [0.15, 0.2) is 214 Å². The highest BCUT2D eigenvalue weighted by atomic mass is 32.2. The molecule has 0 saturated heterocycles. The maximum Gasteiger partial charge on any atom is 0.0464 e. The van der Waals surface area contributed by atoms with Crippen molar-refractivity contribution in [1.29, 1.82) is 0 Å². The molecule has 0 saturated carbocycles. The lowest BCUT2D eigenvalue weighted by Gasteiger charge is -2.24. The van der Waals surface area contributed by atoms with Gasteiger partial charge in [0.15, 0.2) is 0 Å². The van der Waals surface area contributed by atoms with Gasteiger partial charge in [-0.1, -0.05) is 175 Å². The monoisotopic (exact) mass is 687 g/mol. The Hall–Kier alpha value is -5.74. The molecule has 1 heterocycles. The minimum atomic E-state index is 1.06. The van der Waals surface area contributed by atoms with Gasteiger partial charge in [0.25, 0.3) is 0 Å². The first-order valence-electron chi connectivity index (χ1n) is 17.2. The van der Waals surface area contributed by atoms with Crippen molar-refractivity contribution in [3.63, 3.8) is 0 Å². The summed E-state index contributed by atoms with van der Waals surface area (Å²) in [5, 5.41) is 3.70. The van der Waals surface area contributed by atoms with Crippen LogP contribution in [0.1, 0.15) is 0 Å². The Labute approximate surface area is 308 Å². The molecule has 0 aromatic heterocycles. The fourth-order valence-corrected chi connectivity index (χ4v) is 9.33. The van der Waals surface area contributed by atoms with Gasteiger partial charge in [0.2, 0.25) is 0 Å². The third-order valence-electron chi connectivity index (χ3n) is 9.36. The summed E-state index contributed by atoms with van der Waals surface area (Å²) in [4.78, 5) is 4.99. The first kappa shape index (κ1) is 31.3. The largest absolute Gasteiger partial charge is 0.355 e. The predicted molar refractivity (Wildman–Crippen MR) is 218 cm³/mol. The second-order valence-corrected chi connectivity index (χ2v) is 14.7. The number of benzene rings is 8. The Morgan fingerprint density at radius 1 is 0.314 bits per heavy atom. The lowest BCUT2D eigenvalue weighted by molar-refractivity contribution is 1.32. The second-order valence-electron chi connectivity index (χ2n) is 12.5. The molecular weight excluding hydrogens is 655 g/mol. The van der Waals surface area contributed by atoms with Crippen molar-refractivity contribution in [2.45, 2.75) is 19.6 Å². The molecule has 0 radical (unpaired) electrons. The van der Waals surface area contributed by atoms with E-state index in [2.05, 4.69) is 193 Å². The van der Waals surface area contributed by atoms with Crippen LogP contribution in [0, 0.1) is 0 Å². The predicted octanol–water partition coefficient (Wildman–Crippen LogP) is 14.4. The molecule has 8 aromatic rings. The van der Waals surface area contributed by atoms with Crippen molar-refractivity contribution in [3.8, 4) is 55.6 Å². The Bertz CT molecular complexity index is 2490. The summed E-state index contributed by atoms with van der Waals surface area (Å²) >= 11 is 3.74. The molecule has 0 aliphatic carbocycles. The first-order valence-corrected chi connectivity index (χ1v) is 18.8. The van der Waals surface area contributed by atoms with Gasteiger partial charge in [0, 0.05) is 42.1 Å². The summed E-state index contributed by atoms with van der Waals surface area (Å²) in [7, 11) is 0. The van der Waals surface area contributed by atoms with Crippen LogP contribution < -0.4 is 5.32 Å². The molecule has 0 unspecified atom stereocenters. The van der Waals surface area contributed by atoms with E-state index >= 15 is 0 Å². The Morgan fingerprint density at radius 2 is 0.824 bits per heavy atom. The van der Waals surface area contributed by atoms with E-state index < -0.39 is 0 Å². The SMILES string of the molecule is c1ccc(Nc2ccc(-c3cccc4c3-c3cccc(-c5ccccc5)c3Sc3ccccc3-c3ccccc3S4)cc2-c2ccccc2)cc1. The molecule has 0 amide bonds. The first-order chi connectivity index (χ1) is 25.3. The van der Waals surface area contributed by atoms with E-state index in [0.29, 0.717) is 0 Å². The Balaban J connectivity index is 1.31. The minimum absolute atomic E-state index is 1.06. The summed E-state index contributed by atoms with van der Waals surface area (Å²) in [6, 6.07) is 70.1. The lowest BCUT2D eigenvalue weighted by atomic mass is 9.90. The molecule has 51 heavy (non-hydrogen) atoms. The van der Waals surface area contributed by atoms with Crippen LogP contribution in [0.25, 0.3) is 55.6 Å². The molecule has 9 rings (SSSR count). The van der Waals surface area contributed by atoms with Gasteiger partial charge in [-0.25, -0.2) is 0 Å². The molecule has 1 N–H and O–H groups in total. The van der Waals surface area contributed by atoms with E-state index in [9.17, 15) is 0 Å². The zero-order valence-electron chi connectivity index (χ0n) is 27.8. The molecule has 0 fully saturated rings. The van der Waals surface area contributed by atoms with Crippen LogP contribution in [0.5, 0.6) is 0 Å². The van der Waals surface area contributed by atoms with Crippen LogP contribution in [0.3, 0.4) is 0 Å². The maximum atomic E-state index is 3.70. The number of para-hydroxylation sites is 1. The summed E-state index contributed by atoms with van der Waals surface area (Å²) in [5.41, 5.74) is 14.3. The standard InChI is InChI=1S/C48H33NS2/c1-4-16-33(17-5-1)38-25-14-26-41-47-37(35-30-31-43(49-36-20-8-3-9-21-36)42(32-35)34-18-6-2-7-19-34)24-15-29-46(47)50-44-27-12-10-22-39(44)40-23-11-13-28-45(40)51-48(38)41/h1-32,49H. The molecule has 0 bridgehead atoms. The van der Waals surface area contributed by atoms with E-state index in [1.54, 1.807) is 0 Å². The van der Waals surface area contributed by atoms with Crippen LogP contribution in [0.2, 0.25) is 0 Å². The average molecular weight is 688 g/mol. The quantitative estimate of drug-likeness (QED) is 0.193. The Morgan fingerprint density at radius 3 is 1.53 bits per heavy atom. The average Bonchev–Trinajstić information content (AvgIpc) is 3.20. The van der Waals surface area contributed by atoms with Crippen molar-refractivity contribution in [2.75, 3.05) is 5.32 Å². The van der Waals surface area contributed by atoms with Gasteiger partial charge >= 0.3 is 0 Å². The van der Waals surface area contributed by atoms with Gasteiger partial charge in [-0.2, -0.15) is 0 Å². The van der Waals surface area contributed by atoms with Crippen LogP contribution in [-0.2, 0) is 0 Å². The van der Waals surface area contributed by atoms with Crippen LogP contribution >= 0.6 is 23.5 Å². The molecule has 242 valence electrons. The highest BCUT2D eigenvalue weighted by Crippen LogP contribution is 2.53. The van der Waals surface area contributed by atoms with Crippen molar-refractivity contribution < 1.29 is 0 Å². The highest BCUT2D eigenvalue weighted by Gasteiger charge is 2.24. The number of rotatable bonds is 5. The van der Waals surface area contributed by atoms with Gasteiger partial charge in [-0.3, -0.25) is 0 Å². The summed E-state index contributed by atoms with van der Waals surface area (Å²) in [6.07, 6.45) is 0. The number of hydrogen-bond acceptors (Lipinski definition) is 3. The number of hydrogen-bond donors (Lipinski definition) is 1. The van der Waals surface area contributed by atoms with Gasteiger partial charge in [0.05, 0.1) is 0 Å². The molecular formula is C48H33NS2. The third-order valence-corrected chi connectivity index (χ3v) is 11.7. The zero-order valence-corrected chi connectivity index (χ0v) is 29.4. The fourth-order valence-electron chi connectivity index (χ4n) is 6.96. The minimum Gasteiger partial charge on any atom is -0.355 e. The molecule has 1 aliphatic heterocycles. The topological polar surface area (TPSA) is 12.0 Å². The molecule has 1 aliphatic rings. The zero-order chi connectivity index (χ0) is 34.0. The second kappa shape index (κ2) is 13.9. The number of nitrogens with one attached hydrogen (secondary N) is 1. The van der Waals surface area contributed by atoms with Gasteiger partial charge in [0.1, 0.15) is 0 Å². The molecule has 8 aromatic carbocycles. The molecule has 0 atom stereocenters. The molecule has 3 heteroatoms. The van der Waals surface area contributed by atoms with Gasteiger partial charge in [-0.15, -0.1) is 0 Å². The number of fused-ring (bicyclic) bond motifs is 6. The van der Waals surface area contributed by atoms with Crippen molar-refractivity contribution in [3.05, 3.63) is 194 Å². The van der Waals surface area contributed by atoms with Gasteiger partial charge < -0.3 is 5.32 Å². The highest BCUT2D eigenvalue weighted by molar-refractivity contribution is 8.00. The van der Waals surface area contributed by atoms with E-state index in [-0.39, 0.29) is 0 Å². The van der Waals surface area contributed by atoms with E-state index in [0.717, 1.165) is 16.9 Å². The van der Waals surface area contributed by atoms with Crippen molar-refractivity contribution in [2.24, 2.45) is 0 Å². The van der Waals surface area contributed by atoms with Gasteiger partial charge in [-0.05, 0) is 87.0 Å². The van der Waals surface area contributed by atoms with E-state index in [4.69, 9.17) is 0 Å². The smallest absolute Gasteiger partial charge is 0.0464 e. The van der Waals surface area contributed by atoms with Crippen molar-refractivity contribution in [1.82, 2.24) is 0 Å². The van der Waals surface area contributed by atoms with E-state index in [1.165, 1.54) is 69.7 Å². The maximum absolute atomic E-state index is 3.70. The number of anilines is 2. The summed E-state index contributed by atoms with van der Waals surface area (Å²) in [5.74, 6) is 0. The summed E-state index contributed by atoms with van der Waals surface area (Å²) < 4.78 is 0. The van der Waals surface area contributed by atoms with E-state index in [1.807, 2.05) is 29.6 Å². The molecule has 0 spiro atoms. The fraction of sp³-hybridized carbons (Fsp3) is 0. The van der Waals surface area contributed by atoms with Crippen LogP contribution in [-0.4, -0.2) is 0 Å². The Kier molecular flexibility index (Phi) is 8.50.